The first-order valence-corrected chi connectivity index (χ1v) is 6.91. The second-order valence-electron chi connectivity index (χ2n) is 4.67. The third kappa shape index (κ3) is 3.63. The van der Waals surface area contributed by atoms with Crippen molar-refractivity contribution in [1.29, 1.82) is 0 Å². The molecule has 0 amide bonds. The van der Waals surface area contributed by atoms with Gasteiger partial charge in [-0.3, -0.25) is 4.79 Å². The van der Waals surface area contributed by atoms with Crippen molar-refractivity contribution in [3.8, 4) is 23.0 Å². The quantitative estimate of drug-likeness (QED) is 0.654. The van der Waals surface area contributed by atoms with Gasteiger partial charge < -0.3 is 19.3 Å². The fourth-order valence-corrected chi connectivity index (χ4v) is 2.15. The number of carbonyl (C=O) groups is 1. The van der Waals surface area contributed by atoms with E-state index in [1.54, 1.807) is 36.4 Å². The number of phenols is 1. The summed E-state index contributed by atoms with van der Waals surface area (Å²) in [6, 6.07) is 9.90. The average Bonchev–Trinajstić information content (AvgIpc) is 2.58. The molecule has 0 atom stereocenters. The Kier molecular flexibility index (Phi) is 5.25. The number of ketones is 1. The minimum Gasteiger partial charge on any atom is -0.504 e. The Morgan fingerprint density at radius 2 is 1.74 bits per heavy atom. The molecule has 120 valence electrons. The first kappa shape index (κ1) is 16.4. The Bertz CT molecular complexity index is 734. The van der Waals surface area contributed by atoms with E-state index in [4.69, 9.17) is 14.2 Å². The van der Waals surface area contributed by atoms with Crippen LogP contribution in [-0.4, -0.2) is 32.2 Å². The van der Waals surface area contributed by atoms with Gasteiger partial charge in [0, 0.05) is 11.1 Å². The molecular formula is C18H18O5. The highest BCUT2D eigenvalue weighted by Gasteiger charge is 2.10. The molecule has 0 fully saturated rings. The zero-order chi connectivity index (χ0) is 16.8. The number of rotatable bonds is 6. The summed E-state index contributed by atoms with van der Waals surface area (Å²) in [6.45, 7) is 0. The number of ether oxygens (including phenoxy) is 3. The van der Waals surface area contributed by atoms with Gasteiger partial charge in [-0.1, -0.05) is 12.1 Å². The summed E-state index contributed by atoms with van der Waals surface area (Å²) in [5.74, 6) is 1.19. The van der Waals surface area contributed by atoms with Crippen molar-refractivity contribution in [2.75, 3.05) is 21.3 Å². The van der Waals surface area contributed by atoms with Crippen molar-refractivity contribution < 1.29 is 24.1 Å². The molecule has 0 radical (unpaired) electrons. The molecule has 5 heteroatoms. The maximum absolute atomic E-state index is 12.3. The van der Waals surface area contributed by atoms with E-state index in [0.717, 1.165) is 0 Å². The van der Waals surface area contributed by atoms with E-state index in [0.29, 0.717) is 28.4 Å². The van der Waals surface area contributed by atoms with E-state index in [1.807, 2.05) is 0 Å². The second-order valence-corrected chi connectivity index (χ2v) is 4.67. The molecule has 0 heterocycles. The van der Waals surface area contributed by atoms with Gasteiger partial charge in [0.15, 0.2) is 28.8 Å². The first-order valence-electron chi connectivity index (χ1n) is 6.91. The lowest BCUT2D eigenvalue weighted by Crippen LogP contribution is -1.97. The summed E-state index contributed by atoms with van der Waals surface area (Å²) in [7, 11) is 4.51. The van der Waals surface area contributed by atoms with Crippen LogP contribution in [0, 0.1) is 0 Å². The van der Waals surface area contributed by atoms with Crippen molar-refractivity contribution in [2.45, 2.75) is 0 Å². The van der Waals surface area contributed by atoms with E-state index in [-0.39, 0.29) is 11.5 Å². The summed E-state index contributed by atoms with van der Waals surface area (Å²) in [4.78, 5) is 12.3. The Hall–Kier alpha value is -2.95. The number of aromatic hydroxyl groups is 1. The number of hydrogen-bond acceptors (Lipinski definition) is 5. The summed E-state index contributed by atoms with van der Waals surface area (Å²) in [6.07, 6.45) is 3.01. The van der Waals surface area contributed by atoms with Gasteiger partial charge >= 0.3 is 0 Å². The molecule has 0 aliphatic heterocycles. The molecule has 0 aliphatic rings. The maximum atomic E-state index is 12.3. The zero-order valence-corrected chi connectivity index (χ0v) is 13.2. The molecule has 23 heavy (non-hydrogen) atoms. The van der Waals surface area contributed by atoms with E-state index >= 15 is 0 Å². The van der Waals surface area contributed by atoms with Crippen molar-refractivity contribution in [2.24, 2.45) is 0 Å². The standard InChI is InChI=1S/C18H18O5/c1-21-16-10-8-13(11-17(16)22-2)14(19)9-7-12-5-4-6-15(20)18(12)23-3/h4-11,20H,1-3H3/b9-7+. The molecule has 0 unspecified atom stereocenters. The smallest absolute Gasteiger partial charge is 0.185 e. The van der Waals surface area contributed by atoms with Crippen LogP contribution in [0.2, 0.25) is 0 Å². The maximum Gasteiger partial charge on any atom is 0.185 e. The van der Waals surface area contributed by atoms with Crippen molar-refractivity contribution >= 4 is 11.9 Å². The average molecular weight is 314 g/mol. The molecule has 0 bridgehead atoms. The van der Waals surface area contributed by atoms with Gasteiger partial charge in [0.2, 0.25) is 0 Å². The van der Waals surface area contributed by atoms with Crippen LogP contribution in [0.3, 0.4) is 0 Å². The molecular weight excluding hydrogens is 296 g/mol. The van der Waals surface area contributed by atoms with Crippen LogP contribution in [0.1, 0.15) is 15.9 Å². The van der Waals surface area contributed by atoms with Crippen LogP contribution in [0.25, 0.3) is 6.08 Å². The van der Waals surface area contributed by atoms with Gasteiger partial charge in [-0.25, -0.2) is 0 Å². The molecule has 1 N–H and O–H groups in total. The second kappa shape index (κ2) is 7.35. The lowest BCUT2D eigenvalue weighted by Gasteiger charge is -2.08. The highest BCUT2D eigenvalue weighted by molar-refractivity contribution is 6.07. The number of para-hydroxylation sites is 1. The van der Waals surface area contributed by atoms with Gasteiger partial charge in [-0.15, -0.1) is 0 Å². The monoisotopic (exact) mass is 314 g/mol. The highest BCUT2D eigenvalue weighted by Crippen LogP contribution is 2.31. The van der Waals surface area contributed by atoms with E-state index in [9.17, 15) is 9.90 Å². The predicted molar refractivity (Wildman–Crippen MR) is 87.6 cm³/mol. The third-order valence-electron chi connectivity index (χ3n) is 3.31. The third-order valence-corrected chi connectivity index (χ3v) is 3.31. The molecule has 2 rings (SSSR count). The van der Waals surface area contributed by atoms with Gasteiger partial charge in [0.05, 0.1) is 21.3 Å². The van der Waals surface area contributed by atoms with Crippen LogP contribution < -0.4 is 14.2 Å². The van der Waals surface area contributed by atoms with Gasteiger partial charge in [-0.2, -0.15) is 0 Å². The fraction of sp³-hybridized carbons (Fsp3) is 0.167. The van der Waals surface area contributed by atoms with Crippen LogP contribution in [0.5, 0.6) is 23.0 Å². The summed E-state index contributed by atoms with van der Waals surface area (Å²) >= 11 is 0. The van der Waals surface area contributed by atoms with E-state index in [1.165, 1.54) is 33.5 Å². The normalized spacial score (nSPS) is 10.6. The number of benzene rings is 2. The molecule has 0 spiro atoms. The summed E-state index contributed by atoms with van der Waals surface area (Å²) in [5.41, 5.74) is 1.08. The lowest BCUT2D eigenvalue weighted by atomic mass is 10.1. The van der Waals surface area contributed by atoms with Gasteiger partial charge in [0.25, 0.3) is 0 Å². The molecule has 5 nitrogen and oxygen atoms in total. The molecule has 0 aromatic heterocycles. The van der Waals surface area contributed by atoms with E-state index < -0.39 is 0 Å². The van der Waals surface area contributed by atoms with Crippen molar-refractivity contribution in [3.63, 3.8) is 0 Å². The summed E-state index contributed by atoms with van der Waals surface area (Å²) in [5, 5.41) is 9.73. The molecule has 0 aliphatic carbocycles. The molecule has 2 aromatic carbocycles. The van der Waals surface area contributed by atoms with Gasteiger partial charge in [0.1, 0.15) is 0 Å². The molecule has 2 aromatic rings. The summed E-state index contributed by atoms with van der Waals surface area (Å²) < 4.78 is 15.5. The van der Waals surface area contributed by atoms with E-state index in [2.05, 4.69) is 0 Å². The van der Waals surface area contributed by atoms with Crippen LogP contribution in [-0.2, 0) is 0 Å². The highest BCUT2D eigenvalue weighted by atomic mass is 16.5. The Labute approximate surface area is 134 Å². The zero-order valence-electron chi connectivity index (χ0n) is 13.2. The minimum atomic E-state index is -0.198. The van der Waals surface area contributed by atoms with Crippen LogP contribution >= 0.6 is 0 Å². The number of phenolic OH excluding ortho intramolecular Hbond substituents is 1. The Balaban J connectivity index is 2.27. The van der Waals surface area contributed by atoms with Crippen molar-refractivity contribution in [3.05, 3.63) is 53.6 Å². The van der Waals surface area contributed by atoms with Crippen LogP contribution in [0.15, 0.2) is 42.5 Å². The minimum absolute atomic E-state index is 0.0215. The van der Waals surface area contributed by atoms with Crippen LogP contribution in [0.4, 0.5) is 0 Å². The van der Waals surface area contributed by atoms with Gasteiger partial charge in [-0.05, 0) is 36.4 Å². The molecule has 0 saturated heterocycles. The first-order chi connectivity index (χ1) is 11.1. The number of allylic oxidation sites excluding steroid dienone is 1. The largest absolute Gasteiger partial charge is 0.504 e. The molecule has 0 saturated carbocycles. The Morgan fingerprint density at radius 1 is 1.00 bits per heavy atom. The SMILES string of the molecule is COc1ccc(C(=O)/C=C/c2cccc(O)c2OC)cc1OC. The Morgan fingerprint density at radius 3 is 2.39 bits per heavy atom. The topological polar surface area (TPSA) is 65.0 Å². The fourth-order valence-electron chi connectivity index (χ4n) is 2.15. The number of carbonyl (C=O) groups excluding carboxylic acids is 1. The lowest BCUT2D eigenvalue weighted by molar-refractivity contribution is 0.104. The number of hydrogen-bond donors (Lipinski definition) is 1. The number of methoxy groups -OCH3 is 3. The van der Waals surface area contributed by atoms with Crippen molar-refractivity contribution in [1.82, 2.24) is 0 Å². The predicted octanol–water partition coefficient (Wildman–Crippen LogP) is 3.31.